The van der Waals surface area contributed by atoms with Gasteiger partial charge in [-0.25, -0.2) is 0 Å². The number of amides is 2. The van der Waals surface area contributed by atoms with Crippen LogP contribution >= 0.6 is 0 Å². The third-order valence-corrected chi connectivity index (χ3v) is 8.89. The fraction of sp³-hybridized carbons (Fsp3) is 0.382. The molecule has 2 saturated carbocycles. The quantitative estimate of drug-likeness (QED) is 0.397. The Morgan fingerprint density at radius 2 is 1.36 bits per heavy atom. The average molecular weight is 518 g/mol. The summed E-state index contributed by atoms with van der Waals surface area (Å²) < 4.78 is 0. The first-order valence-corrected chi connectivity index (χ1v) is 14.5. The van der Waals surface area contributed by atoms with Crippen molar-refractivity contribution in [1.29, 1.82) is 0 Å². The molecule has 1 spiro atoms. The lowest BCUT2D eigenvalue weighted by Gasteiger charge is -2.35. The molecule has 198 valence electrons. The van der Waals surface area contributed by atoms with Gasteiger partial charge in [-0.2, -0.15) is 0 Å². The maximum absolute atomic E-state index is 13.5. The van der Waals surface area contributed by atoms with Crippen molar-refractivity contribution in [2.24, 2.45) is 16.8 Å². The number of rotatable bonds is 6. The fourth-order valence-electron chi connectivity index (χ4n) is 6.17. The van der Waals surface area contributed by atoms with Crippen LogP contribution in [0.2, 0.25) is 0 Å². The number of benzene rings is 3. The number of aryl methyl sites for hydroxylation is 1. The lowest BCUT2D eigenvalue weighted by molar-refractivity contribution is -0.134. The van der Waals surface area contributed by atoms with Crippen LogP contribution < -0.4 is 0 Å². The Morgan fingerprint density at radius 3 is 1.90 bits per heavy atom. The maximum Gasteiger partial charge on any atom is 0.256 e. The maximum atomic E-state index is 13.5. The highest BCUT2D eigenvalue weighted by molar-refractivity contribution is 6.16. The zero-order valence-electron chi connectivity index (χ0n) is 22.6. The van der Waals surface area contributed by atoms with Gasteiger partial charge in [-0.05, 0) is 73.6 Å². The fourth-order valence-corrected chi connectivity index (χ4v) is 6.17. The van der Waals surface area contributed by atoms with Crippen LogP contribution in [0.15, 0.2) is 77.8 Å². The first kappa shape index (κ1) is 24.3. The molecule has 0 radical (unpaired) electrons. The number of carbonyl (C=O) groups excluding carboxylic acids is 2. The molecule has 0 N–H and O–H groups in total. The van der Waals surface area contributed by atoms with Gasteiger partial charge in [0, 0.05) is 31.1 Å². The minimum absolute atomic E-state index is 0.152. The van der Waals surface area contributed by atoms with Crippen LogP contribution in [0, 0.1) is 18.8 Å². The second kappa shape index (κ2) is 9.48. The van der Waals surface area contributed by atoms with Gasteiger partial charge in [-0.15, -0.1) is 0 Å². The van der Waals surface area contributed by atoms with E-state index in [0.29, 0.717) is 18.4 Å². The molecule has 7 rings (SSSR count). The van der Waals surface area contributed by atoms with Gasteiger partial charge in [-0.1, -0.05) is 78.4 Å². The van der Waals surface area contributed by atoms with E-state index in [2.05, 4.69) is 84.6 Å². The Morgan fingerprint density at radius 1 is 0.821 bits per heavy atom. The van der Waals surface area contributed by atoms with E-state index in [-0.39, 0.29) is 11.8 Å². The largest absolute Gasteiger partial charge is 0.342 e. The molecule has 2 aliphatic heterocycles. The molecule has 3 aromatic rings. The van der Waals surface area contributed by atoms with Crippen LogP contribution in [0.4, 0.5) is 0 Å². The van der Waals surface area contributed by atoms with Crippen LogP contribution in [0.1, 0.15) is 49.7 Å². The number of hydrogen-bond donors (Lipinski definition) is 0. The monoisotopic (exact) mass is 517 g/mol. The van der Waals surface area contributed by atoms with Gasteiger partial charge in [0.25, 0.3) is 5.91 Å². The Balaban J connectivity index is 1.08. The topological polar surface area (TPSA) is 53.0 Å². The summed E-state index contributed by atoms with van der Waals surface area (Å²) in [7, 11) is 0. The molecule has 0 unspecified atom stereocenters. The first-order chi connectivity index (χ1) is 19.0. The van der Waals surface area contributed by atoms with Crippen molar-refractivity contribution in [3.05, 3.63) is 83.9 Å². The second-order valence-corrected chi connectivity index (χ2v) is 12.0. The lowest BCUT2D eigenvalue weighted by Crippen LogP contribution is -2.46. The molecule has 5 nitrogen and oxygen atoms in total. The van der Waals surface area contributed by atoms with Crippen LogP contribution in [0.5, 0.6) is 0 Å². The number of piperidine rings is 1. The van der Waals surface area contributed by atoms with E-state index in [9.17, 15) is 9.59 Å². The molecular weight excluding hydrogens is 482 g/mol. The third kappa shape index (κ3) is 4.69. The van der Waals surface area contributed by atoms with Gasteiger partial charge in [0.05, 0.1) is 0 Å². The molecule has 3 fully saturated rings. The van der Waals surface area contributed by atoms with E-state index in [1.165, 1.54) is 22.3 Å². The van der Waals surface area contributed by atoms with Gasteiger partial charge in [-0.3, -0.25) is 19.5 Å². The van der Waals surface area contributed by atoms with Crippen molar-refractivity contribution >= 4 is 17.6 Å². The molecule has 2 aliphatic carbocycles. The molecular formula is C34H35N3O2. The van der Waals surface area contributed by atoms with Crippen molar-refractivity contribution in [3.8, 4) is 22.3 Å². The predicted octanol–water partition coefficient (Wildman–Crippen LogP) is 6.10. The van der Waals surface area contributed by atoms with E-state index in [0.717, 1.165) is 68.6 Å². The number of amidine groups is 1. The van der Waals surface area contributed by atoms with Crippen LogP contribution in [0.3, 0.4) is 0 Å². The Labute approximate surface area is 230 Å². The molecule has 2 heterocycles. The molecule has 3 aromatic carbocycles. The normalized spacial score (nSPS) is 21.8. The van der Waals surface area contributed by atoms with Crippen molar-refractivity contribution in [2.45, 2.75) is 51.0 Å². The van der Waals surface area contributed by atoms with Crippen LogP contribution in [-0.4, -0.2) is 52.6 Å². The summed E-state index contributed by atoms with van der Waals surface area (Å²) in [6.45, 7) is 4.38. The van der Waals surface area contributed by atoms with E-state index in [4.69, 9.17) is 4.99 Å². The zero-order chi connectivity index (χ0) is 26.6. The van der Waals surface area contributed by atoms with Crippen LogP contribution in [0.25, 0.3) is 22.3 Å². The molecule has 2 amide bonds. The Kier molecular flexibility index (Phi) is 5.91. The summed E-state index contributed by atoms with van der Waals surface area (Å²) in [6, 6.07) is 25.8. The SMILES string of the molecule is Cc1ccc(-c2ccc(-c3ccc(C4=NC5(CC5)C(=O)N4C[C@@H]4CCCN(C(=O)C5CC5)C4)cc3)cc2)cc1. The van der Waals surface area contributed by atoms with Crippen molar-refractivity contribution in [3.63, 3.8) is 0 Å². The molecule has 0 aromatic heterocycles. The van der Waals surface area contributed by atoms with E-state index in [1.54, 1.807) is 0 Å². The zero-order valence-corrected chi connectivity index (χ0v) is 22.6. The first-order valence-electron chi connectivity index (χ1n) is 14.5. The highest BCUT2D eigenvalue weighted by Gasteiger charge is 2.57. The van der Waals surface area contributed by atoms with Gasteiger partial charge < -0.3 is 4.90 Å². The molecule has 1 atom stereocenters. The van der Waals surface area contributed by atoms with Gasteiger partial charge in [0.2, 0.25) is 5.91 Å². The molecule has 39 heavy (non-hydrogen) atoms. The Hall–Kier alpha value is -3.73. The highest BCUT2D eigenvalue weighted by Crippen LogP contribution is 2.46. The minimum atomic E-state index is -0.530. The average Bonchev–Trinajstić information content (AvgIpc) is 3.91. The number of hydrogen-bond acceptors (Lipinski definition) is 3. The standard InChI is InChI=1S/C34H35N3O2/c1-23-4-6-25(7-5-23)26-8-10-27(11-9-26)28-12-14-29(15-13-28)31-35-34(18-19-34)33(39)37(31)22-24-3-2-20-36(21-24)32(38)30-16-17-30/h4-15,24,30H,2-3,16-22H2,1H3/t24-/m1/s1. The second-order valence-electron chi connectivity index (χ2n) is 12.0. The van der Waals surface area contributed by atoms with Crippen molar-refractivity contribution in [2.75, 3.05) is 19.6 Å². The number of aliphatic imine (C=N–C) groups is 1. The number of nitrogens with zero attached hydrogens (tertiary/aromatic N) is 3. The summed E-state index contributed by atoms with van der Waals surface area (Å²) in [5, 5.41) is 0. The van der Waals surface area contributed by atoms with Gasteiger partial charge in [0.1, 0.15) is 11.4 Å². The Bertz CT molecular complexity index is 1430. The van der Waals surface area contributed by atoms with Gasteiger partial charge >= 0.3 is 0 Å². The molecule has 4 aliphatic rings. The van der Waals surface area contributed by atoms with E-state index < -0.39 is 5.54 Å². The van der Waals surface area contributed by atoms with Crippen molar-refractivity contribution < 1.29 is 9.59 Å². The summed E-state index contributed by atoms with van der Waals surface area (Å²) in [5.74, 6) is 1.84. The van der Waals surface area contributed by atoms with Crippen molar-refractivity contribution in [1.82, 2.24) is 9.80 Å². The van der Waals surface area contributed by atoms with Gasteiger partial charge in [0.15, 0.2) is 0 Å². The minimum Gasteiger partial charge on any atom is -0.342 e. The predicted molar refractivity (Wildman–Crippen MR) is 154 cm³/mol. The van der Waals surface area contributed by atoms with E-state index >= 15 is 0 Å². The summed E-state index contributed by atoms with van der Waals surface area (Å²) >= 11 is 0. The van der Waals surface area contributed by atoms with E-state index in [1.807, 2.05) is 4.90 Å². The number of likely N-dealkylation sites (tertiary alicyclic amines) is 1. The lowest BCUT2D eigenvalue weighted by atomic mass is 9.96. The highest BCUT2D eigenvalue weighted by atomic mass is 16.2. The summed E-state index contributed by atoms with van der Waals surface area (Å²) in [5.41, 5.74) is 6.47. The smallest absolute Gasteiger partial charge is 0.256 e. The number of carbonyl (C=O) groups is 2. The third-order valence-electron chi connectivity index (χ3n) is 8.89. The molecule has 1 saturated heterocycles. The summed E-state index contributed by atoms with van der Waals surface area (Å²) in [6.07, 6.45) is 5.83. The molecule has 0 bridgehead atoms. The van der Waals surface area contributed by atoms with Crippen LogP contribution in [-0.2, 0) is 9.59 Å². The molecule has 5 heteroatoms. The summed E-state index contributed by atoms with van der Waals surface area (Å²) in [4.78, 5) is 35.1.